The van der Waals surface area contributed by atoms with Crippen LogP contribution in [0.1, 0.15) is 24.3 Å². The molecule has 6 nitrogen and oxygen atoms in total. The van der Waals surface area contributed by atoms with E-state index in [1.165, 1.54) is 16.2 Å². The van der Waals surface area contributed by atoms with Gasteiger partial charge in [0.1, 0.15) is 5.75 Å². The zero-order chi connectivity index (χ0) is 16.4. The van der Waals surface area contributed by atoms with Crippen LogP contribution in [-0.2, 0) is 17.1 Å². The average molecular weight is 335 g/mol. The monoisotopic (exact) mass is 335 g/mol. The molecule has 23 heavy (non-hydrogen) atoms. The number of aromatic nitrogens is 2. The van der Waals surface area contributed by atoms with Gasteiger partial charge in [0, 0.05) is 26.3 Å². The molecule has 124 valence electrons. The van der Waals surface area contributed by atoms with Crippen LogP contribution in [0.15, 0.2) is 41.8 Å². The number of methoxy groups -OCH3 is 1. The summed E-state index contributed by atoms with van der Waals surface area (Å²) < 4.78 is 33.6. The number of imidazole rings is 1. The Labute approximate surface area is 136 Å². The van der Waals surface area contributed by atoms with E-state index in [1.54, 1.807) is 24.9 Å². The van der Waals surface area contributed by atoms with Crippen molar-refractivity contribution in [1.29, 1.82) is 0 Å². The number of nitrogens with zero attached hydrogens (tertiary/aromatic N) is 3. The van der Waals surface area contributed by atoms with Gasteiger partial charge in [0.2, 0.25) is 0 Å². The zero-order valence-electron chi connectivity index (χ0n) is 13.3. The third-order valence-electron chi connectivity index (χ3n) is 4.30. The minimum atomic E-state index is -3.48. The first-order valence-electron chi connectivity index (χ1n) is 7.63. The maximum Gasteiger partial charge on any atom is 0.262 e. The van der Waals surface area contributed by atoms with Crippen LogP contribution in [0.2, 0.25) is 0 Å². The van der Waals surface area contributed by atoms with E-state index in [0.717, 1.165) is 18.6 Å². The van der Waals surface area contributed by atoms with Crippen molar-refractivity contribution in [2.75, 3.05) is 20.2 Å². The Morgan fingerprint density at radius 1 is 1.26 bits per heavy atom. The third-order valence-corrected chi connectivity index (χ3v) is 6.09. The summed E-state index contributed by atoms with van der Waals surface area (Å²) in [4.78, 5) is 3.98. The topological polar surface area (TPSA) is 64.4 Å². The van der Waals surface area contributed by atoms with E-state index in [2.05, 4.69) is 11.1 Å². The first-order chi connectivity index (χ1) is 11.0. The lowest BCUT2D eigenvalue weighted by Gasteiger charge is -2.31. The van der Waals surface area contributed by atoms with E-state index in [0.29, 0.717) is 19.0 Å². The van der Waals surface area contributed by atoms with Gasteiger partial charge in [-0.1, -0.05) is 12.1 Å². The second kappa shape index (κ2) is 6.33. The van der Waals surface area contributed by atoms with Gasteiger partial charge < -0.3 is 9.30 Å². The molecule has 1 aromatic carbocycles. The van der Waals surface area contributed by atoms with E-state index in [-0.39, 0.29) is 5.03 Å². The zero-order valence-corrected chi connectivity index (χ0v) is 14.2. The van der Waals surface area contributed by atoms with E-state index < -0.39 is 10.0 Å². The molecule has 3 rings (SSSR count). The number of aryl methyl sites for hydroxylation is 1. The number of hydrogen-bond acceptors (Lipinski definition) is 4. The highest BCUT2D eigenvalue weighted by Gasteiger charge is 2.31. The number of hydrogen-bond donors (Lipinski definition) is 0. The van der Waals surface area contributed by atoms with Crippen molar-refractivity contribution in [2.24, 2.45) is 7.05 Å². The first-order valence-corrected chi connectivity index (χ1v) is 9.07. The molecule has 0 atom stereocenters. The van der Waals surface area contributed by atoms with Crippen LogP contribution < -0.4 is 4.74 Å². The van der Waals surface area contributed by atoms with Crippen molar-refractivity contribution in [3.8, 4) is 5.75 Å². The molecule has 1 aliphatic heterocycles. The summed E-state index contributed by atoms with van der Waals surface area (Å²) >= 11 is 0. The highest BCUT2D eigenvalue weighted by Crippen LogP contribution is 2.31. The fourth-order valence-electron chi connectivity index (χ4n) is 2.98. The predicted molar refractivity (Wildman–Crippen MR) is 86.9 cm³/mol. The van der Waals surface area contributed by atoms with Gasteiger partial charge in [-0.2, -0.15) is 4.31 Å². The molecular weight excluding hydrogens is 314 g/mol. The van der Waals surface area contributed by atoms with Crippen molar-refractivity contribution >= 4 is 10.0 Å². The van der Waals surface area contributed by atoms with Crippen molar-refractivity contribution < 1.29 is 13.2 Å². The molecule has 0 N–H and O–H groups in total. The summed E-state index contributed by atoms with van der Waals surface area (Å²) in [6, 6.07) is 8.01. The van der Waals surface area contributed by atoms with Crippen LogP contribution in [0.5, 0.6) is 5.75 Å². The summed E-state index contributed by atoms with van der Waals surface area (Å²) in [5, 5.41) is 0.125. The largest absolute Gasteiger partial charge is 0.497 e. The average Bonchev–Trinajstić information content (AvgIpc) is 3.02. The van der Waals surface area contributed by atoms with Crippen molar-refractivity contribution in [3.63, 3.8) is 0 Å². The summed E-state index contributed by atoms with van der Waals surface area (Å²) in [5.41, 5.74) is 1.21. The Hall–Kier alpha value is -1.86. The van der Waals surface area contributed by atoms with Crippen molar-refractivity contribution in [2.45, 2.75) is 23.8 Å². The molecule has 1 aromatic heterocycles. The van der Waals surface area contributed by atoms with Gasteiger partial charge in [-0.3, -0.25) is 0 Å². The Morgan fingerprint density at radius 3 is 2.61 bits per heavy atom. The minimum Gasteiger partial charge on any atom is -0.497 e. The fraction of sp³-hybridized carbons (Fsp3) is 0.438. The molecule has 2 heterocycles. The van der Waals surface area contributed by atoms with Gasteiger partial charge in [-0.15, -0.1) is 0 Å². The maximum atomic E-state index is 12.6. The van der Waals surface area contributed by atoms with Gasteiger partial charge in [-0.25, -0.2) is 13.4 Å². The SMILES string of the molecule is COc1cccc(C2CCN(S(=O)(=O)c3cn(C)cn3)CC2)c1. The second-order valence-electron chi connectivity index (χ2n) is 5.83. The predicted octanol–water partition coefficient (Wildman–Crippen LogP) is 2.00. The Kier molecular flexibility index (Phi) is 4.41. The van der Waals surface area contributed by atoms with E-state index in [4.69, 9.17) is 4.74 Å². The molecule has 2 aromatic rings. The lowest BCUT2D eigenvalue weighted by atomic mass is 9.90. The van der Waals surface area contributed by atoms with Crippen LogP contribution in [0.25, 0.3) is 0 Å². The number of sulfonamides is 1. The van der Waals surface area contributed by atoms with Crippen LogP contribution in [0, 0.1) is 0 Å². The molecule has 1 saturated heterocycles. The van der Waals surface area contributed by atoms with Gasteiger partial charge in [-0.05, 0) is 36.5 Å². The van der Waals surface area contributed by atoms with Crippen LogP contribution in [0.4, 0.5) is 0 Å². The molecule has 0 saturated carbocycles. The lowest BCUT2D eigenvalue weighted by molar-refractivity contribution is 0.318. The van der Waals surface area contributed by atoms with Crippen molar-refractivity contribution in [3.05, 3.63) is 42.4 Å². The highest BCUT2D eigenvalue weighted by molar-refractivity contribution is 7.89. The lowest BCUT2D eigenvalue weighted by Crippen LogP contribution is -2.38. The van der Waals surface area contributed by atoms with E-state index in [9.17, 15) is 8.42 Å². The molecule has 7 heteroatoms. The Morgan fingerprint density at radius 2 is 2.00 bits per heavy atom. The molecule has 1 fully saturated rings. The molecule has 0 bridgehead atoms. The second-order valence-corrected chi connectivity index (χ2v) is 7.72. The van der Waals surface area contributed by atoms with Crippen LogP contribution in [-0.4, -0.2) is 42.5 Å². The number of ether oxygens (including phenoxy) is 1. The third kappa shape index (κ3) is 3.25. The molecule has 0 amide bonds. The number of rotatable bonds is 4. The fourth-order valence-corrected chi connectivity index (χ4v) is 4.42. The molecule has 0 spiro atoms. The summed E-state index contributed by atoms with van der Waals surface area (Å²) in [5.74, 6) is 1.20. The maximum absolute atomic E-state index is 12.6. The van der Waals surface area contributed by atoms with Crippen LogP contribution >= 0.6 is 0 Å². The van der Waals surface area contributed by atoms with E-state index in [1.807, 2.05) is 18.2 Å². The first kappa shape index (κ1) is 16.0. The Bertz CT molecular complexity index is 777. The van der Waals surface area contributed by atoms with Gasteiger partial charge in [0.05, 0.1) is 13.4 Å². The number of benzene rings is 1. The van der Waals surface area contributed by atoms with E-state index >= 15 is 0 Å². The Balaban J connectivity index is 1.70. The van der Waals surface area contributed by atoms with Gasteiger partial charge in [0.25, 0.3) is 10.0 Å². The highest BCUT2D eigenvalue weighted by atomic mass is 32.2. The normalized spacial score (nSPS) is 17.3. The standard InChI is InChI=1S/C16H21N3O3S/c1-18-11-16(17-12-18)23(20,21)19-8-6-13(7-9-19)14-4-3-5-15(10-14)22-2/h3-5,10-13H,6-9H2,1-2H3. The van der Waals surface area contributed by atoms with Crippen LogP contribution in [0.3, 0.4) is 0 Å². The quantitative estimate of drug-likeness (QED) is 0.857. The van der Waals surface area contributed by atoms with Crippen molar-refractivity contribution in [1.82, 2.24) is 13.9 Å². The molecule has 0 aliphatic carbocycles. The molecule has 0 unspecified atom stereocenters. The molecule has 0 radical (unpaired) electrons. The van der Waals surface area contributed by atoms with Gasteiger partial charge >= 0.3 is 0 Å². The smallest absolute Gasteiger partial charge is 0.262 e. The molecule has 1 aliphatic rings. The minimum absolute atomic E-state index is 0.125. The molecular formula is C16H21N3O3S. The van der Waals surface area contributed by atoms with Gasteiger partial charge in [0.15, 0.2) is 5.03 Å². The summed E-state index contributed by atoms with van der Waals surface area (Å²) in [7, 11) is -0.0641. The number of piperidine rings is 1. The summed E-state index contributed by atoms with van der Waals surface area (Å²) in [6.45, 7) is 1.03. The summed E-state index contributed by atoms with van der Waals surface area (Å²) in [6.07, 6.45) is 4.66.